The van der Waals surface area contributed by atoms with Gasteiger partial charge in [-0.15, -0.1) is 0 Å². The lowest BCUT2D eigenvalue weighted by atomic mass is 9.97. The number of rotatable bonds is 3. The number of hydrogen-bond acceptors (Lipinski definition) is 3. The van der Waals surface area contributed by atoms with E-state index in [0.29, 0.717) is 22.1 Å². The maximum atomic E-state index is 9.98. The van der Waals surface area contributed by atoms with Crippen LogP contribution in [0.3, 0.4) is 0 Å². The Morgan fingerprint density at radius 1 is 1.13 bits per heavy atom. The van der Waals surface area contributed by atoms with Crippen LogP contribution >= 0.6 is 11.6 Å². The summed E-state index contributed by atoms with van der Waals surface area (Å²) in [5.74, 6) is 1.07. The summed E-state index contributed by atoms with van der Waals surface area (Å²) in [6, 6.07) is 3.43. The van der Waals surface area contributed by atoms with E-state index in [1.165, 1.54) is 14.2 Å². The normalized spacial score (nSPS) is 11.3. The van der Waals surface area contributed by atoms with Crippen LogP contribution < -0.4 is 9.47 Å². The van der Waals surface area contributed by atoms with Gasteiger partial charge in [-0.25, -0.2) is 0 Å². The highest BCUT2D eigenvalue weighted by Gasteiger charge is 2.26. The van der Waals surface area contributed by atoms with E-state index in [9.17, 15) is 5.11 Å². The van der Waals surface area contributed by atoms with Gasteiger partial charge in [0.25, 0.3) is 0 Å². The second-order valence-corrected chi connectivity index (χ2v) is 4.10. The predicted molar refractivity (Wildman–Crippen MR) is 59.8 cm³/mol. The number of hydrogen-bond donors (Lipinski definition) is 1. The maximum Gasteiger partial charge on any atom is 0.138 e. The first kappa shape index (κ1) is 12.1. The molecule has 0 unspecified atom stereocenters. The van der Waals surface area contributed by atoms with Crippen LogP contribution in [0, 0.1) is 0 Å². The molecule has 0 saturated heterocycles. The van der Waals surface area contributed by atoms with Crippen LogP contribution in [0.2, 0.25) is 5.02 Å². The van der Waals surface area contributed by atoms with Crippen molar-refractivity contribution in [1.82, 2.24) is 0 Å². The molecule has 0 aliphatic rings. The maximum absolute atomic E-state index is 9.98. The minimum atomic E-state index is -1.07. The van der Waals surface area contributed by atoms with Crippen LogP contribution in [0.25, 0.3) is 0 Å². The molecule has 0 amide bonds. The summed E-state index contributed by atoms with van der Waals surface area (Å²) in [5.41, 5.74) is -0.539. The zero-order valence-electron chi connectivity index (χ0n) is 9.30. The van der Waals surface area contributed by atoms with Gasteiger partial charge in [-0.2, -0.15) is 0 Å². The fourth-order valence-corrected chi connectivity index (χ4v) is 1.90. The molecule has 0 radical (unpaired) electrons. The van der Waals surface area contributed by atoms with Gasteiger partial charge in [0.15, 0.2) is 0 Å². The monoisotopic (exact) mass is 230 g/mol. The standard InChI is InChI=1S/C11H15ClO3/c1-11(2,13)9-7(14-3)5-6-8(15-4)10(9)12/h5-6,13H,1-4H3. The van der Waals surface area contributed by atoms with Crippen LogP contribution in [-0.4, -0.2) is 19.3 Å². The van der Waals surface area contributed by atoms with E-state index >= 15 is 0 Å². The Balaban J connectivity index is 3.43. The van der Waals surface area contributed by atoms with Crippen molar-refractivity contribution < 1.29 is 14.6 Å². The molecule has 84 valence electrons. The van der Waals surface area contributed by atoms with E-state index in [-0.39, 0.29) is 0 Å². The lowest BCUT2D eigenvalue weighted by Crippen LogP contribution is -2.17. The first-order valence-corrected chi connectivity index (χ1v) is 4.93. The molecule has 0 aromatic heterocycles. The van der Waals surface area contributed by atoms with Crippen molar-refractivity contribution >= 4 is 11.6 Å². The Morgan fingerprint density at radius 2 is 1.60 bits per heavy atom. The lowest BCUT2D eigenvalue weighted by molar-refractivity contribution is 0.0755. The van der Waals surface area contributed by atoms with Gasteiger partial charge < -0.3 is 14.6 Å². The molecule has 15 heavy (non-hydrogen) atoms. The summed E-state index contributed by atoms with van der Waals surface area (Å²) >= 11 is 6.11. The molecular weight excluding hydrogens is 216 g/mol. The van der Waals surface area contributed by atoms with Crippen LogP contribution in [0.5, 0.6) is 11.5 Å². The molecule has 0 aliphatic carbocycles. The van der Waals surface area contributed by atoms with Crippen LogP contribution in [0.4, 0.5) is 0 Å². The summed E-state index contributed by atoms with van der Waals surface area (Å²) in [4.78, 5) is 0. The predicted octanol–water partition coefficient (Wildman–Crippen LogP) is 2.58. The van der Waals surface area contributed by atoms with Crippen molar-refractivity contribution in [3.05, 3.63) is 22.7 Å². The van der Waals surface area contributed by atoms with Gasteiger partial charge in [-0.05, 0) is 26.0 Å². The lowest BCUT2D eigenvalue weighted by Gasteiger charge is -2.23. The second-order valence-electron chi connectivity index (χ2n) is 3.72. The summed E-state index contributed by atoms with van der Waals surface area (Å²) < 4.78 is 10.2. The van der Waals surface area contributed by atoms with Gasteiger partial charge >= 0.3 is 0 Å². The molecule has 1 rings (SSSR count). The third-order valence-electron chi connectivity index (χ3n) is 2.12. The Labute approximate surface area is 94.6 Å². The topological polar surface area (TPSA) is 38.7 Å². The molecule has 4 heteroatoms. The molecule has 0 spiro atoms. The smallest absolute Gasteiger partial charge is 0.138 e. The second kappa shape index (κ2) is 4.29. The van der Waals surface area contributed by atoms with Gasteiger partial charge in [-0.3, -0.25) is 0 Å². The van der Waals surface area contributed by atoms with Crippen molar-refractivity contribution in [2.24, 2.45) is 0 Å². The highest BCUT2D eigenvalue weighted by Crippen LogP contribution is 2.40. The number of methoxy groups -OCH3 is 2. The molecule has 0 atom stereocenters. The Kier molecular flexibility index (Phi) is 3.47. The van der Waals surface area contributed by atoms with Gasteiger partial charge in [0.05, 0.1) is 24.8 Å². The van der Waals surface area contributed by atoms with Gasteiger partial charge in [0.2, 0.25) is 0 Å². The van der Waals surface area contributed by atoms with Gasteiger partial charge in [0, 0.05) is 5.56 Å². The summed E-state index contributed by atoms with van der Waals surface area (Å²) in [5, 5.41) is 10.4. The fraction of sp³-hybridized carbons (Fsp3) is 0.455. The van der Waals surface area contributed by atoms with Gasteiger partial charge in [-0.1, -0.05) is 11.6 Å². The van der Waals surface area contributed by atoms with E-state index in [0.717, 1.165) is 0 Å². The highest BCUT2D eigenvalue weighted by atomic mass is 35.5. The molecule has 1 N–H and O–H groups in total. The first-order chi connectivity index (χ1) is 6.91. The number of ether oxygens (including phenoxy) is 2. The SMILES string of the molecule is COc1ccc(OC)c(C(C)(C)O)c1Cl. The Morgan fingerprint density at radius 3 is 2.00 bits per heavy atom. The average molecular weight is 231 g/mol. The molecule has 0 aliphatic heterocycles. The van der Waals surface area contributed by atoms with Gasteiger partial charge in [0.1, 0.15) is 11.5 Å². The molecule has 0 saturated carbocycles. The van der Waals surface area contributed by atoms with Crippen molar-refractivity contribution in [2.45, 2.75) is 19.4 Å². The van der Waals surface area contributed by atoms with E-state index in [1.54, 1.807) is 26.0 Å². The minimum Gasteiger partial charge on any atom is -0.496 e. The molecule has 0 fully saturated rings. The Hall–Kier alpha value is -0.930. The number of aliphatic hydroxyl groups is 1. The molecule has 0 bridgehead atoms. The number of benzene rings is 1. The highest BCUT2D eigenvalue weighted by molar-refractivity contribution is 6.33. The molecule has 0 heterocycles. The van der Waals surface area contributed by atoms with Crippen LogP contribution in [0.15, 0.2) is 12.1 Å². The summed E-state index contributed by atoms with van der Waals surface area (Å²) in [6.07, 6.45) is 0. The first-order valence-electron chi connectivity index (χ1n) is 4.55. The van der Waals surface area contributed by atoms with Crippen molar-refractivity contribution in [2.75, 3.05) is 14.2 Å². The minimum absolute atomic E-state index is 0.379. The third kappa shape index (κ3) is 2.36. The third-order valence-corrected chi connectivity index (χ3v) is 2.50. The van der Waals surface area contributed by atoms with Crippen molar-refractivity contribution in [3.63, 3.8) is 0 Å². The summed E-state index contributed by atoms with van der Waals surface area (Å²) in [6.45, 7) is 3.30. The van der Waals surface area contributed by atoms with E-state index < -0.39 is 5.60 Å². The molecule has 3 nitrogen and oxygen atoms in total. The van der Waals surface area contributed by atoms with E-state index in [2.05, 4.69) is 0 Å². The van der Waals surface area contributed by atoms with E-state index in [1.807, 2.05) is 0 Å². The Bertz CT molecular complexity index is 356. The summed E-state index contributed by atoms with van der Waals surface area (Å²) in [7, 11) is 3.06. The molecule has 1 aromatic carbocycles. The van der Waals surface area contributed by atoms with Crippen LogP contribution in [0.1, 0.15) is 19.4 Å². The number of halogens is 1. The fourth-order valence-electron chi connectivity index (χ4n) is 1.44. The zero-order chi connectivity index (χ0) is 11.6. The molecular formula is C11H15ClO3. The zero-order valence-corrected chi connectivity index (χ0v) is 10.1. The van der Waals surface area contributed by atoms with Crippen molar-refractivity contribution in [3.8, 4) is 11.5 Å². The average Bonchev–Trinajstić information content (AvgIpc) is 2.15. The molecule has 1 aromatic rings. The van der Waals surface area contributed by atoms with Crippen LogP contribution in [-0.2, 0) is 5.60 Å². The quantitative estimate of drug-likeness (QED) is 0.868. The largest absolute Gasteiger partial charge is 0.496 e. The van der Waals surface area contributed by atoms with E-state index in [4.69, 9.17) is 21.1 Å². The van der Waals surface area contributed by atoms with Crippen molar-refractivity contribution in [1.29, 1.82) is 0 Å².